The molecule has 6 heteroatoms. The van der Waals surface area contributed by atoms with Gasteiger partial charge in [-0.2, -0.15) is 0 Å². The van der Waals surface area contributed by atoms with E-state index in [1.54, 1.807) is 12.1 Å². The van der Waals surface area contributed by atoms with Gasteiger partial charge in [0.05, 0.1) is 15.7 Å². The van der Waals surface area contributed by atoms with Crippen LogP contribution < -0.4 is 11.1 Å². The van der Waals surface area contributed by atoms with Gasteiger partial charge in [-0.1, -0.05) is 18.3 Å². The smallest absolute Gasteiger partial charge is 0.139 e. The third-order valence-corrected chi connectivity index (χ3v) is 3.61. The Morgan fingerprint density at radius 3 is 2.55 bits per heavy atom. The number of hydrogen-bond donors (Lipinski definition) is 2. The van der Waals surface area contributed by atoms with Gasteiger partial charge in [0, 0.05) is 5.69 Å². The van der Waals surface area contributed by atoms with Crippen LogP contribution in [0.5, 0.6) is 0 Å². The third-order valence-electron chi connectivity index (χ3n) is 2.80. The third kappa shape index (κ3) is 2.96. The summed E-state index contributed by atoms with van der Waals surface area (Å²) in [6.07, 6.45) is 0. The Kier molecular flexibility index (Phi) is 4.35. The van der Waals surface area contributed by atoms with Crippen molar-refractivity contribution in [2.75, 3.05) is 5.32 Å². The number of benzene rings is 2. The summed E-state index contributed by atoms with van der Waals surface area (Å²) < 4.78 is 27.7. The number of anilines is 2. The van der Waals surface area contributed by atoms with Crippen molar-refractivity contribution in [2.45, 2.75) is 6.92 Å². The van der Waals surface area contributed by atoms with Gasteiger partial charge in [0.1, 0.15) is 16.6 Å². The Morgan fingerprint density at radius 2 is 1.90 bits per heavy atom. The summed E-state index contributed by atoms with van der Waals surface area (Å²) in [5, 5.41) is 2.96. The van der Waals surface area contributed by atoms with Crippen molar-refractivity contribution >= 4 is 44.5 Å². The van der Waals surface area contributed by atoms with Crippen molar-refractivity contribution in [3.05, 3.63) is 57.6 Å². The molecule has 2 aromatic rings. The minimum absolute atomic E-state index is 0.0548. The van der Waals surface area contributed by atoms with Crippen molar-refractivity contribution in [1.29, 1.82) is 0 Å². The molecular formula is C14H11BrF2N2S. The molecule has 20 heavy (non-hydrogen) atoms. The van der Waals surface area contributed by atoms with Gasteiger partial charge in [-0.25, -0.2) is 8.78 Å². The van der Waals surface area contributed by atoms with Crippen LogP contribution in [-0.2, 0) is 0 Å². The number of halogens is 3. The Balaban J connectivity index is 2.48. The van der Waals surface area contributed by atoms with Gasteiger partial charge < -0.3 is 11.1 Å². The molecule has 0 amide bonds. The van der Waals surface area contributed by atoms with Crippen LogP contribution in [0.15, 0.2) is 34.8 Å². The SMILES string of the molecule is Cc1cc(Br)c(F)cc1Nc1cccc(F)c1C(N)=S. The topological polar surface area (TPSA) is 38.0 Å². The molecule has 0 heterocycles. The number of thiocarbonyl (C=S) groups is 1. The molecule has 3 N–H and O–H groups in total. The van der Waals surface area contributed by atoms with Crippen LogP contribution in [0, 0.1) is 18.6 Å². The fourth-order valence-corrected chi connectivity index (χ4v) is 2.47. The van der Waals surface area contributed by atoms with Crippen LogP contribution in [0.2, 0.25) is 0 Å². The fourth-order valence-electron chi connectivity index (χ4n) is 1.80. The largest absolute Gasteiger partial charge is 0.389 e. The van der Waals surface area contributed by atoms with Gasteiger partial charge in [-0.3, -0.25) is 0 Å². The molecule has 0 aliphatic carbocycles. The molecular weight excluding hydrogens is 346 g/mol. The maximum atomic E-state index is 13.8. The summed E-state index contributed by atoms with van der Waals surface area (Å²) >= 11 is 7.96. The molecule has 2 rings (SSSR count). The van der Waals surface area contributed by atoms with Gasteiger partial charge >= 0.3 is 0 Å². The van der Waals surface area contributed by atoms with Crippen molar-refractivity contribution in [1.82, 2.24) is 0 Å². The van der Waals surface area contributed by atoms with E-state index in [4.69, 9.17) is 18.0 Å². The molecule has 2 aromatic carbocycles. The van der Waals surface area contributed by atoms with E-state index in [9.17, 15) is 8.78 Å². The monoisotopic (exact) mass is 356 g/mol. The first kappa shape index (κ1) is 14.9. The number of hydrogen-bond acceptors (Lipinski definition) is 2. The van der Waals surface area contributed by atoms with E-state index in [-0.39, 0.29) is 10.6 Å². The maximum Gasteiger partial charge on any atom is 0.139 e. The quantitative estimate of drug-likeness (QED) is 0.799. The number of nitrogens with two attached hydrogens (primary N) is 1. The summed E-state index contributed by atoms with van der Waals surface area (Å²) in [6, 6.07) is 7.40. The van der Waals surface area contributed by atoms with E-state index in [2.05, 4.69) is 21.2 Å². The second kappa shape index (κ2) is 5.85. The van der Waals surface area contributed by atoms with Gasteiger partial charge in [0.25, 0.3) is 0 Å². The van der Waals surface area contributed by atoms with Crippen LogP contribution >= 0.6 is 28.1 Å². The Morgan fingerprint density at radius 1 is 1.20 bits per heavy atom. The first-order valence-electron chi connectivity index (χ1n) is 5.71. The highest BCUT2D eigenvalue weighted by molar-refractivity contribution is 9.10. The van der Waals surface area contributed by atoms with Crippen LogP contribution in [0.4, 0.5) is 20.2 Å². The van der Waals surface area contributed by atoms with E-state index in [1.165, 1.54) is 18.2 Å². The van der Waals surface area contributed by atoms with E-state index >= 15 is 0 Å². The lowest BCUT2D eigenvalue weighted by Crippen LogP contribution is -2.14. The van der Waals surface area contributed by atoms with E-state index in [0.29, 0.717) is 15.8 Å². The molecule has 2 nitrogen and oxygen atoms in total. The molecule has 0 aliphatic heterocycles. The zero-order valence-corrected chi connectivity index (χ0v) is 12.9. The van der Waals surface area contributed by atoms with Gasteiger partial charge in [-0.15, -0.1) is 0 Å². The van der Waals surface area contributed by atoms with Crippen LogP contribution in [0.25, 0.3) is 0 Å². The van der Waals surface area contributed by atoms with Crippen molar-refractivity contribution in [3.8, 4) is 0 Å². The molecule has 0 unspecified atom stereocenters. The molecule has 0 bridgehead atoms. The first-order chi connectivity index (χ1) is 9.40. The molecule has 0 saturated heterocycles. The Hall–Kier alpha value is -1.53. The van der Waals surface area contributed by atoms with Gasteiger partial charge in [0.15, 0.2) is 0 Å². The minimum Gasteiger partial charge on any atom is -0.389 e. The average Bonchev–Trinajstić information content (AvgIpc) is 2.35. The average molecular weight is 357 g/mol. The number of aryl methyl sites for hydroxylation is 1. The maximum absolute atomic E-state index is 13.8. The standard InChI is InChI=1S/C14H11BrF2N2S/c1-7-5-8(15)10(17)6-12(7)19-11-4-2-3-9(16)13(11)14(18)20/h2-6,19H,1H3,(H2,18,20). The van der Waals surface area contributed by atoms with Gasteiger partial charge in [0.2, 0.25) is 0 Å². The molecule has 0 aromatic heterocycles. The van der Waals surface area contributed by atoms with E-state index in [1.807, 2.05) is 6.92 Å². The molecule has 0 saturated carbocycles. The Labute approximate surface area is 129 Å². The van der Waals surface area contributed by atoms with Crippen LogP contribution in [0.3, 0.4) is 0 Å². The second-order valence-corrected chi connectivity index (χ2v) is 5.53. The second-order valence-electron chi connectivity index (χ2n) is 4.23. The highest BCUT2D eigenvalue weighted by atomic mass is 79.9. The van der Waals surface area contributed by atoms with Crippen LogP contribution in [0.1, 0.15) is 11.1 Å². The lowest BCUT2D eigenvalue weighted by atomic mass is 10.1. The lowest BCUT2D eigenvalue weighted by molar-refractivity contribution is 0.621. The predicted octanol–water partition coefficient (Wildman–Crippen LogP) is 4.41. The highest BCUT2D eigenvalue weighted by Gasteiger charge is 2.13. The molecule has 0 fully saturated rings. The van der Waals surface area contributed by atoms with Gasteiger partial charge in [-0.05, 0) is 52.7 Å². The summed E-state index contributed by atoms with van der Waals surface area (Å²) in [4.78, 5) is -0.0548. The predicted molar refractivity (Wildman–Crippen MR) is 84.4 cm³/mol. The number of rotatable bonds is 3. The van der Waals surface area contributed by atoms with E-state index in [0.717, 1.165) is 5.56 Å². The molecule has 104 valence electrons. The summed E-state index contributed by atoms with van der Waals surface area (Å²) in [7, 11) is 0. The summed E-state index contributed by atoms with van der Waals surface area (Å²) in [6.45, 7) is 1.81. The van der Waals surface area contributed by atoms with E-state index < -0.39 is 11.6 Å². The van der Waals surface area contributed by atoms with Crippen molar-refractivity contribution in [3.63, 3.8) is 0 Å². The summed E-state index contributed by atoms with van der Waals surface area (Å²) in [5.74, 6) is -0.927. The summed E-state index contributed by atoms with van der Waals surface area (Å²) in [5.41, 5.74) is 7.38. The zero-order valence-electron chi connectivity index (χ0n) is 10.5. The molecule has 0 aliphatic rings. The fraction of sp³-hybridized carbons (Fsp3) is 0.0714. The minimum atomic E-state index is -0.516. The van der Waals surface area contributed by atoms with Crippen molar-refractivity contribution < 1.29 is 8.78 Å². The first-order valence-corrected chi connectivity index (χ1v) is 6.91. The molecule has 0 atom stereocenters. The highest BCUT2D eigenvalue weighted by Crippen LogP contribution is 2.29. The lowest BCUT2D eigenvalue weighted by Gasteiger charge is -2.14. The normalized spacial score (nSPS) is 10.4. The molecule has 0 radical (unpaired) electrons. The zero-order chi connectivity index (χ0) is 14.9. The molecule has 0 spiro atoms. The number of nitrogens with one attached hydrogen (secondary N) is 1. The Bertz CT molecular complexity index is 689. The van der Waals surface area contributed by atoms with Crippen LogP contribution in [-0.4, -0.2) is 4.99 Å². The van der Waals surface area contributed by atoms with Crippen molar-refractivity contribution in [2.24, 2.45) is 5.73 Å².